The molecule has 1 unspecified atom stereocenters. The van der Waals surface area contributed by atoms with Crippen LogP contribution in [0.25, 0.3) is 0 Å². The first-order chi connectivity index (χ1) is 16.7. The predicted molar refractivity (Wildman–Crippen MR) is 141 cm³/mol. The van der Waals surface area contributed by atoms with Crippen molar-refractivity contribution in [2.75, 3.05) is 0 Å². The third-order valence-electron chi connectivity index (χ3n) is 5.02. The molecule has 0 aliphatic rings. The average molecular weight is 533 g/mol. The maximum Gasteiger partial charge on any atom is 0.262 e. The number of amides is 2. The second kappa shape index (κ2) is 12.6. The number of nitrogens with zero attached hydrogens (tertiary/aromatic N) is 1. The zero-order chi connectivity index (χ0) is 25.4. The van der Waals surface area contributed by atoms with E-state index in [0.717, 1.165) is 5.56 Å². The van der Waals surface area contributed by atoms with Gasteiger partial charge in [0.25, 0.3) is 11.8 Å². The molecule has 0 bridgehead atoms. The molecule has 0 radical (unpaired) electrons. The summed E-state index contributed by atoms with van der Waals surface area (Å²) in [5, 5.41) is 8.31. The molecule has 3 rings (SSSR count). The molecule has 3 aromatic carbocycles. The molecular weight excluding hydrogens is 509 g/mol. The Morgan fingerprint density at radius 2 is 1.66 bits per heavy atom. The Hall–Kier alpha value is -3.06. The van der Waals surface area contributed by atoms with Gasteiger partial charge in [-0.15, -0.1) is 0 Å². The number of hydrazone groups is 1. The molecule has 1 atom stereocenters. The molecule has 0 fully saturated rings. The van der Waals surface area contributed by atoms with Gasteiger partial charge < -0.3 is 10.1 Å². The van der Waals surface area contributed by atoms with Crippen LogP contribution in [0.3, 0.4) is 0 Å². The van der Waals surface area contributed by atoms with Gasteiger partial charge >= 0.3 is 0 Å². The van der Waals surface area contributed by atoms with Crippen LogP contribution in [0.4, 0.5) is 0 Å². The molecule has 0 aromatic heterocycles. The topological polar surface area (TPSA) is 79.8 Å². The molecule has 2 N–H and O–H groups in total. The molecule has 0 saturated heterocycles. The first-order valence-corrected chi connectivity index (χ1v) is 11.9. The van der Waals surface area contributed by atoms with Crippen molar-refractivity contribution in [1.82, 2.24) is 10.7 Å². The lowest BCUT2D eigenvalue weighted by atomic mass is 10.0. The van der Waals surface area contributed by atoms with E-state index < -0.39 is 11.9 Å². The first kappa shape index (κ1) is 26.5. The third-order valence-corrected chi connectivity index (χ3v) is 5.84. The molecular formula is C26H24Cl3N3O3. The molecule has 0 heterocycles. The number of ether oxygens (including phenoxy) is 1. The Balaban J connectivity index is 1.67. The number of carbonyl (C=O) groups excluding carboxylic acids is 2. The van der Waals surface area contributed by atoms with Crippen LogP contribution in [0.1, 0.15) is 35.3 Å². The summed E-state index contributed by atoms with van der Waals surface area (Å²) in [7, 11) is 0. The third kappa shape index (κ3) is 7.72. The van der Waals surface area contributed by atoms with Gasteiger partial charge in [0, 0.05) is 31.8 Å². The Morgan fingerprint density at radius 1 is 0.971 bits per heavy atom. The Kier molecular flexibility index (Phi) is 9.55. The van der Waals surface area contributed by atoms with E-state index in [9.17, 15) is 9.59 Å². The minimum absolute atomic E-state index is 0.160. The predicted octanol–water partition coefficient (Wildman–Crippen LogP) is 6.13. The van der Waals surface area contributed by atoms with Crippen molar-refractivity contribution in [2.45, 2.75) is 26.5 Å². The molecule has 2 amide bonds. The average Bonchev–Trinajstić information content (AvgIpc) is 2.83. The van der Waals surface area contributed by atoms with Crippen LogP contribution in [-0.4, -0.2) is 24.1 Å². The van der Waals surface area contributed by atoms with Crippen LogP contribution in [0.15, 0.2) is 71.8 Å². The minimum Gasteiger partial charge on any atom is -0.488 e. The van der Waals surface area contributed by atoms with E-state index >= 15 is 0 Å². The SMILES string of the molecule is CC(C)C(NC(=O)c1ccccc1)C(=O)NN=Cc1cc(Cl)ccc1OCc1ccc(Cl)cc1Cl. The molecule has 0 spiro atoms. The van der Waals surface area contributed by atoms with Gasteiger partial charge in [0.05, 0.1) is 6.21 Å². The molecule has 3 aromatic rings. The fraction of sp³-hybridized carbons (Fsp3) is 0.192. The highest BCUT2D eigenvalue weighted by molar-refractivity contribution is 6.35. The van der Waals surface area contributed by atoms with Gasteiger partial charge in [0.1, 0.15) is 18.4 Å². The quantitative estimate of drug-likeness (QED) is 0.257. The van der Waals surface area contributed by atoms with E-state index in [0.29, 0.717) is 31.9 Å². The van der Waals surface area contributed by atoms with Gasteiger partial charge in [-0.25, -0.2) is 5.43 Å². The summed E-state index contributed by atoms with van der Waals surface area (Å²) in [5.41, 5.74) is 4.27. The fourth-order valence-corrected chi connectivity index (χ4v) is 3.77. The molecule has 0 saturated carbocycles. The normalized spacial score (nSPS) is 11.9. The van der Waals surface area contributed by atoms with E-state index in [4.69, 9.17) is 39.5 Å². The first-order valence-electron chi connectivity index (χ1n) is 10.8. The summed E-state index contributed by atoms with van der Waals surface area (Å²) in [6, 6.07) is 18.1. The second-order valence-electron chi connectivity index (χ2n) is 8.00. The van der Waals surface area contributed by atoms with Crippen LogP contribution < -0.4 is 15.5 Å². The highest BCUT2D eigenvalue weighted by Gasteiger charge is 2.24. The zero-order valence-electron chi connectivity index (χ0n) is 19.1. The molecule has 9 heteroatoms. The molecule has 0 aliphatic carbocycles. The van der Waals surface area contributed by atoms with E-state index in [1.807, 2.05) is 19.9 Å². The summed E-state index contributed by atoms with van der Waals surface area (Å²) in [6.45, 7) is 3.87. The summed E-state index contributed by atoms with van der Waals surface area (Å²) >= 11 is 18.3. The van der Waals surface area contributed by atoms with Gasteiger partial charge in [-0.2, -0.15) is 5.10 Å². The summed E-state index contributed by atoms with van der Waals surface area (Å²) in [4.78, 5) is 25.2. The van der Waals surface area contributed by atoms with E-state index in [1.54, 1.807) is 60.7 Å². The van der Waals surface area contributed by atoms with Crippen LogP contribution in [0, 0.1) is 5.92 Å². The van der Waals surface area contributed by atoms with Gasteiger partial charge in [-0.1, -0.05) is 72.9 Å². The monoisotopic (exact) mass is 531 g/mol. The van der Waals surface area contributed by atoms with Crippen molar-refractivity contribution >= 4 is 52.8 Å². The Labute approximate surface area is 219 Å². The largest absolute Gasteiger partial charge is 0.488 e. The minimum atomic E-state index is -0.776. The van der Waals surface area contributed by atoms with E-state index in [2.05, 4.69) is 15.8 Å². The van der Waals surface area contributed by atoms with Gasteiger partial charge in [0.15, 0.2) is 0 Å². The smallest absolute Gasteiger partial charge is 0.262 e. The summed E-state index contributed by atoms with van der Waals surface area (Å²) in [6.07, 6.45) is 1.43. The van der Waals surface area contributed by atoms with Crippen LogP contribution >= 0.6 is 34.8 Å². The number of carbonyl (C=O) groups is 2. The Bertz CT molecular complexity index is 1220. The lowest BCUT2D eigenvalue weighted by molar-refractivity contribution is -0.123. The van der Waals surface area contributed by atoms with Crippen molar-refractivity contribution in [3.63, 3.8) is 0 Å². The summed E-state index contributed by atoms with van der Waals surface area (Å²) in [5.74, 6) is -0.448. The number of nitrogens with one attached hydrogen (secondary N) is 2. The number of hydrogen-bond donors (Lipinski definition) is 2. The number of hydrogen-bond acceptors (Lipinski definition) is 4. The molecule has 182 valence electrons. The zero-order valence-corrected chi connectivity index (χ0v) is 21.4. The summed E-state index contributed by atoms with van der Waals surface area (Å²) < 4.78 is 5.90. The van der Waals surface area contributed by atoms with Crippen LogP contribution in [0.2, 0.25) is 15.1 Å². The van der Waals surface area contributed by atoms with Crippen molar-refractivity contribution in [2.24, 2.45) is 11.0 Å². The highest BCUT2D eigenvalue weighted by atomic mass is 35.5. The van der Waals surface area contributed by atoms with Crippen molar-refractivity contribution < 1.29 is 14.3 Å². The van der Waals surface area contributed by atoms with Crippen molar-refractivity contribution in [3.05, 3.63) is 98.5 Å². The van der Waals surface area contributed by atoms with Gasteiger partial charge in [-0.3, -0.25) is 9.59 Å². The van der Waals surface area contributed by atoms with Crippen LogP contribution in [-0.2, 0) is 11.4 Å². The van der Waals surface area contributed by atoms with Crippen molar-refractivity contribution in [1.29, 1.82) is 0 Å². The van der Waals surface area contributed by atoms with Crippen molar-refractivity contribution in [3.8, 4) is 5.75 Å². The van der Waals surface area contributed by atoms with E-state index in [1.165, 1.54) is 6.21 Å². The highest BCUT2D eigenvalue weighted by Crippen LogP contribution is 2.25. The number of halogens is 3. The lowest BCUT2D eigenvalue weighted by Gasteiger charge is -2.20. The number of rotatable bonds is 9. The maximum atomic E-state index is 12.7. The maximum absolute atomic E-state index is 12.7. The molecule has 35 heavy (non-hydrogen) atoms. The molecule has 0 aliphatic heterocycles. The Morgan fingerprint density at radius 3 is 2.34 bits per heavy atom. The lowest BCUT2D eigenvalue weighted by Crippen LogP contribution is -2.48. The van der Waals surface area contributed by atoms with Crippen LogP contribution in [0.5, 0.6) is 5.75 Å². The van der Waals surface area contributed by atoms with Gasteiger partial charge in [-0.05, 0) is 48.4 Å². The fourth-order valence-electron chi connectivity index (χ4n) is 3.13. The van der Waals surface area contributed by atoms with E-state index in [-0.39, 0.29) is 18.4 Å². The number of benzene rings is 3. The molecule has 6 nitrogen and oxygen atoms in total. The second-order valence-corrected chi connectivity index (χ2v) is 9.28. The van der Waals surface area contributed by atoms with Gasteiger partial charge in [0.2, 0.25) is 0 Å². The standard InChI is InChI=1S/C26H24Cl3N3O3/c1-16(2)24(31-25(33)17-6-4-3-5-7-17)26(34)32-30-14-19-12-20(27)10-11-23(19)35-15-18-8-9-21(28)13-22(18)29/h3-14,16,24H,15H2,1-2H3,(H,31,33)(H,32,34).